The van der Waals surface area contributed by atoms with Crippen LogP contribution in [0.25, 0.3) is 21.5 Å². The van der Waals surface area contributed by atoms with E-state index in [9.17, 15) is 0 Å². The molecule has 0 heterocycles. The summed E-state index contributed by atoms with van der Waals surface area (Å²) in [7, 11) is 0. The van der Waals surface area contributed by atoms with Crippen molar-refractivity contribution in [2.45, 2.75) is 69.2 Å². The fourth-order valence-corrected chi connectivity index (χ4v) is 2.77. The second kappa shape index (κ2) is 18.9. The second-order valence-corrected chi connectivity index (χ2v) is 7.51. The van der Waals surface area contributed by atoms with Crippen LogP contribution in [0.5, 0.6) is 0 Å². The average molecular weight is 431 g/mol. The number of fused-ring (bicyclic) bond motifs is 2. The van der Waals surface area contributed by atoms with Gasteiger partial charge in [-0.25, -0.2) is 0 Å². The van der Waals surface area contributed by atoms with E-state index in [4.69, 9.17) is 0 Å². The highest BCUT2D eigenvalue weighted by molar-refractivity contribution is 5.86. The SMILES string of the molecule is C.C=C(C)C.CC.CCC.Cc1cccc2ccccc12.Cc1cccc2ccccc12. The molecule has 174 valence electrons. The van der Waals surface area contributed by atoms with Crippen molar-refractivity contribution in [1.82, 2.24) is 0 Å². The van der Waals surface area contributed by atoms with Crippen LogP contribution in [0.15, 0.2) is 97.1 Å². The summed E-state index contributed by atoms with van der Waals surface area (Å²) in [5, 5.41) is 5.37. The molecule has 0 bridgehead atoms. The molecule has 0 aliphatic carbocycles. The molecule has 0 N–H and O–H groups in total. The molecule has 0 heteroatoms. The molecule has 4 rings (SSSR count). The molecule has 0 nitrogen and oxygen atoms in total. The fraction of sp³-hybridized carbons (Fsp3) is 0.312. The summed E-state index contributed by atoms with van der Waals surface area (Å²) >= 11 is 0. The van der Waals surface area contributed by atoms with Gasteiger partial charge in [0.05, 0.1) is 0 Å². The molecular formula is C32H46. The van der Waals surface area contributed by atoms with Crippen LogP contribution in [0.1, 0.15) is 66.5 Å². The molecule has 0 atom stereocenters. The summed E-state index contributed by atoms with van der Waals surface area (Å²) < 4.78 is 0. The number of hydrogen-bond donors (Lipinski definition) is 0. The third-order valence-electron chi connectivity index (χ3n) is 4.02. The molecule has 0 radical (unpaired) electrons. The molecule has 0 saturated carbocycles. The normalized spacial score (nSPS) is 8.62. The Hall–Kier alpha value is -2.86. The zero-order chi connectivity index (χ0) is 23.6. The van der Waals surface area contributed by atoms with Crippen molar-refractivity contribution in [3.05, 3.63) is 108 Å². The minimum Gasteiger partial charge on any atom is -0.100 e. The molecule has 0 unspecified atom stereocenters. The van der Waals surface area contributed by atoms with E-state index >= 15 is 0 Å². The molecule has 32 heavy (non-hydrogen) atoms. The van der Waals surface area contributed by atoms with Gasteiger partial charge in [-0.15, -0.1) is 6.58 Å². The van der Waals surface area contributed by atoms with Crippen molar-refractivity contribution in [2.24, 2.45) is 0 Å². The zero-order valence-electron chi connectivity index (χ0n) is 21.0. The molecule has 4 aromatic rings. The predicted octanol–water partition coefficient (Wildman–Crippen LogP) is 11.0. The van der Waals surface area contributed by atoms with E-state index in [-0.39, 0.29) is 7.43 Å². The molecule has 0 amide bonds. The molecule has 0 aliphatic rings. The minimum atomic E-state index is 0. The van der Waals surface area contributed by atoms with Crippen LogP contribution in [0, 0.1) is 13.8 Å². The van der Waals surface area contributed by atoms with Gasteiger partial charge in [0.1, 0.15) is 0 Å². The Bertz CT molecular complexity index is 917. The molecule has 0 saturated heterocycles. The molecule has 0 aromatic heterocycles. The van der Waals surface area contributed by atoms with E-state index in [0.717, 1.165) is 0 Å². The standard InChI is InChI=1S/2C11H10.C4H8.C3H8.C2H6.CH4/c2*1-9-5-4-7-10-6-2-3-8-11(9)10;1-4(2)3;1-3-2;1-2;/h2*2-8H,1H3;1H2,2-3H3;3H2,1-2H3;1-2H3;1H4. The maximum atomic E-state index is 3.56. The van der Waals surface area contributed by atoms with Crippen LogP contribution in [-0.4, -0.2) is 0 Å². The lowest BCUT2D eigenvalue weighted by Gasteiger charge is -1.98. The lowest BCUT2D eigenvalue weighted by atomic mass is 10.1. The van der Waals surface area contributed by atoms with E-state index in [1.165, 1.54) is 44.7 Å². The van der Waals surface area contributed by atoms with Crippen LogP contribution >= 0.6 is 0 Å². The highest BCUT2D eigenvalue weighted by Gasteiger charge is 1.93. The second-order valence-electron chi connectivity index (χ2n) is 7.51. The lowest BCUT2D eigenvalue weighted by molar-refractivity contribution is 1.09. The van der Waals surface area contributed by atoms with Gasteiger partial charge < -0.3 is 0 Å². The van der Waals surface area contributed by atoms with Gasteiger partial charge in [0, 0.05) is 0 Å². The maximum Gasteiger partial charge on any atom is -0.0155 e. The van der Waals surface area contributed by atoms with Crippen LogP contribution in [0.4, 0.5) is 0 Å². The van der Waals surface area contributed by atoms with E-state index in [0.29, 0.717) is 0 Å². The predicted molar refractivity (Wildman–Crippen MR) is 152 cm³/mol. The molecule has 0 aliphatic heterocycles. The number of rotatable bonds is 0. The Kier molecular flexibility index (Phi) is 18.5. The van der Waals surface area contributed by atoms with Gasteiger partial charge in [-0.05, 0) is 60.4 Å². The molecule has 4 aromatic carbocycles. The Labute approximate surface area is 199 Å². The van der Waals surface area contributed by atoms with Crippen LogP contribution in [-0.2, 0) is 0 Å². The summed E-state index contributed by atoms with van der Waals surface area (Å²) in [6.45, 7) is 20.0. The average Bonchev–Trinajstić information content (AvgIpc) is 2.77. The van der Waals surface area contributed by atoms with E-state index < -0.39 is 0 Å². The Morgan fingerprint density at radius 3 is 1.12 bits per heavy atom. The summed E-state index contributed by atoms with van der Waals surface area (Å²) in [6.07, 6.45) is 1.25. The highest BCUT2D eigenvalue weighted by atomic mass is 14.0. The van der Waals surface area contributed by atoms with E-state index in [1.807, 2.05) is 27.7 Å². The van der Waals surface area contributed by atoms with Gasteiger partial charge in [0.15, 0.2) is 0 Å². The lowest BCUT2D eigenvalue weighted by Crippen LogP contribution is -1.75. The topological polar surface area (TPSA) is 0 Å². The minimum absolute atomic E-state index is 0. The monoisotopic (exact) mass is 430 g/mol. The number of allylic oxidation sites excluding steroid dienone is 1. The number of hydrogen-bond acceptors (Lipinski definition) is 0. The quantitative estimate of drug-likeness (QED) is 0.243. The molecular weight excluding hydrogens is 384 g/mol. The van der Waals surface area contributed by atoms with Crippen molar-refractivity contribution in [3.8, 4) is 0 Å². The van der Waals surface area contributed by atoms with Crippen molar-refractivity contribution < 1.29 is 0 Å². The summed E-state index contributed by atoms with van der Waals surface area (Å²) in [5.74, 6) is 0. The van der Waals surface area contributed by atoms with Crippen LogP contribution < -0.4 is 0 Å². The number of benzene rings is 4. The first-order chi connectivity index (χ1) is 14.9. The molecule has 0 spiro atoms. The first-order valence-electron chi connectivity index (χ1n) is 11.4. The van der Waals surface area contributed by atoms with E-state index in [2.05, 4.69) is 119 Å². The Morgan fingerprint density at radius 1 is 0.594 bits per heavy atom. The van der Waals surface area contributed by atoms with Crippen LogP contribution in [0.3, 0.4) is 0 Å². The third kappa shape index (κ3) is 12.1. The summed E-state index contributed by atoms with van der Waals surface area (Å²) in [4.78, 5) is 0. The summed E-state index contributed by atoms with van der Waals surface area (Å²) in [5.41, 5.74) is 3.87. The zero-order valence-corrected chi connectivity index (χ0v) is 21.0. The largest absolute Gasteiger partial charge is 0.100 e. The summed E-state index contributed by atoms with van der Waals surface area (Å²) in [6, 6.07) is 29.7. The Balaban J connectivity index is 0. The van der Waals surface area contributed by atoms with Gasteiger partial charge in [-0.2, -0.15) is 0 Å². The maximum absolute atomic E-state index is 3.56. The molecule has 0 fully saturated rings. The van der Waals surface area contributed by atoms with Gasteiger partial charge in [-0.1, -0.05) is 132 Å². The van der Waals surface area contributed by atoms with Crippen molar-refractivity contribution in [3.63, 3.8) is 0 Å². The van der Waals surface area contributed by atoms with Crippen molar-refractivity contribution in [2.75, 3.05) is 0 Å². The first kappa shape index (κ1) is 31.3. The highest BCUT2D eigenvalue weighted by Crippen LogP contribution is 2.17. The van der Waals surface area contributed by atoms with Crippen molar-refractivity contribution >= 4 is 21.5 Å². The Morgan fingerprint density at radius 2 is 0.844 bits per heavy atom. The van der Waals surface area contributed by atoms with Gasteiger partial charge >= 0.3 is 0 Å². The fourth-order valence-electron chi connectivity index (χ4n) is 2.77. The van der Waals surface area contributed by atoms with Crippen molar-refractivity contribution in [1.29, 1.82) is 0 Å². The first-order valence-corrected chi connectivity index (χ1v) is 11.4. The van der Waals surface area contributed by atoms with Gasteiger partial charge in [0.25, 0.3) is 0 Å². The number of aryl methyl sites for hydroxylation is 2. The van der Waals surface area contributed by atoms with Crippen LogP contribution in [0.2, 0.25) is 0 Å². The smallest absolute Gasteiger partial charge is 0.0155 e. The van der Waals surface area contributed by atoms with E-state index in [1.54, 1.807) is 0 Å². The van der Waals surface area contributed by atoms with Gasteiger partial charge in [0.2, 0.25) is 0 Å². The third-order valence-corrected chi connectivity index (χ3v) is 4.02. The van der Waals surface area contributed by atoms with Gasteiger partial charge in [-0.3, -0.25) is 0 Å².